The fourth-order valence-corrected chi connectivity index (χ4v) is 6.78. The molecule has 0 aliphatic heterocycles. The molecular formula is C23H30O6. The fraction of sp³-hybridized carbons (Fsp3) is 0.739. The van der Waals surface area contributed by atoms with E-state index in [1.54, 1.807) is 6.08 Å². The second-order valence-electron chi connectivity index (χ2n) is 9.86. The van der Waals surface area contributed by atoms with Gasteiger partial charge < -0.3 is 9.47 Å². The van der Waals surface area contributed by atoms with Crippen molar-refractivity contribution in [2.45, 2.75) is 78.4 Å². The maximum absolute atomic E-state index is 13.3. The molecular weight excluding hydrogens is 372 g/mol. The number of Topliss-reactive ketones (excluding diaryl/α,β-unsaturated/α-hetero) is 1. The van der Waals surface area contributed by atoms with E-state index < -0.39 is 17.5 Å². The number of carbonyl (C=O) groups is 4. The summed E-state index contributed by atoms with van der Waals surface area (Å²) in [5.74, 6) is -0.803. The van der Waals surface area contributed by atoms with E-state index in [0.717, 1.165) is 31.3 Å². The Hall–Kier alpha value is -1.98. The standard InChI is InChI=1S/C23H30O6/c1-12(24)28-15-5-7-22(3)14(9-15)10-18(26)20-16(22)6-8-23(4)17(20)11-19(21(23)27)29-13(2)25/h10,15-17,19-20H,5-9,11H2,1-4H3/t15-,16?,17?,19?,20+,22-,23-/m0/s1. The largest absolute Gasteiger partial charge is 0.462 e. The SMILES string of the molecule is CC(=O)OC1CC2[C@@H]3C(=O)C=C4C[C@@H](OC(C)=O)CC[C@]4(C)C3CC[C@]2(C)C1=O. The predicted molar refractivity (Wildman–Crippen MR) is 104 cm³/mol. The smallest absolute Gasteiger partial charge is 0.303 e. The van der Waals surface area contributed by atoms with E-state index in [0.29, 0.717) is 12.8 Å². The summed E-state index contributed by atoms with van der Waals surface area (Å²) in [6, 6.07) is 0. The van der Waals surface area contributed by atoms with Crippen LogP contribution in [0.15, 0.2) is 11.6 Å². The van der Waals surface area contributed by atoms with Crippen LogP contribution in [-0.4, -0.2) is 35.7 Å². The van der Waals surface area contributed by atoms with Crippen LogP contribution in [0.25, 0.3) is 0 Å². The van der Waals surface area contributed by atoms with Gasteiger partial charge in [-0.3, -0.25) is 19.2 Å². The lowest BCUT2D eigenvalue weighted by molar-refractivity contribution is -0.154. The number of carbonyl (C=O) groups excluding carboxylic acids is 4. The minimum Gasteiger partial charge on any atom is -0.462 e. The van der Waals surface area contributed by atoms with Crippen LogP contribution in [0.3, 0.4) is 0 Å². The van der Waals surface area contributed by atoms with E-state index in [1.165, 1.54) is 13.8 Å². The number of ketones is 2. The molecule has 0 amide bonds. The van der Waals surface area contributed by atoms with E-state index in [-0.39, 0.29) is 46.8 Å². The Labute approximate surface area is 171 Å². The second-order valence-corrected chi connectivity index (χ2v) is 9.86. The Kier molecular flexibility index (Phi) is 4.74. The summed E-state index contributed by atoms with van der Waals surface area (Å²) in [6.07, 6.45) is 5.13. The highest BCUT2D eigenvalue weighted by Gasteiger charge is 2.64. The molecule has 0 heterocycles. The number of esters is 2. The molecule has 4 aliphatic carbocycles. The van der Waals surface area contributed by atoms with E-state index >= 15 is 0 Å². The van der Waals surface area contributed by atoms with Crippen LogP contribution in [-0.2, 0) is 28.7 Å². The molecule has 7 atom stereocenters. The molecule has 29 heavy (non-hydrogen) atoms. The van der Waals surface area contributed by atoms with Gasteiger partial charge in [-0.2, -0.15) is 0 Å². The molecule has 6 heteroatoms. The molecule has 0 spiro atoms. The summed E-state index contributed by atoms with van der Waals surface area (Å²) < 4.78 is 10.7. The van der Waals surface area contributed by atoms with Gasteiger partial charge in [0.2, 0.25) is 0 Å². The average molecular weight is 402 g/mol. The summed E-state index contributed by atoms with van der Waals surface area (Å²) in [4.78, 5) is 49.1. The first kappa shape index (κ1) is 20.3. The zero-order valence-electron chi connectivity index (χ0n) is 17.7. The van der Waals surface area contributed by atoms with Crippen molar-refractivity contribution < 1.29 is 28.7 Å². The van der Waals surface area contributed by atoms with Crippen molar-refractivity contribution in [2.24, 2.45) is 28.6 Å². The summed E-state index contributed by atoms with van der Waals surface area (Å²) in [6.45, 7) is 6.93. The van der Waals surface area contributed by atoms with Gasteiger partial charge in [-0.05, 0) is 55.4 Å². The highest BCUT2D eigenvalue weighted by atomic mass is 16.5. The van der Waals surface area contributed by atoms with Crippen LogP contribution in [0.4, 0.5) is 0 Å². The lowest BCUT2D eigenvalue weighted by Crippen LogP contribution is -2.53. The summed E-state index contributed by atoms with van der Waals surface area (Å²) >= 11 is 0. The molecule has 0 aromatic carbocycles. The number of fused-ring (bicyclic) bond motifs is 5. The number of hydrogen-bond acceptors (Lipinski definition) is 6. The van der Waals surface area contributed by atoms with E-state index in [1.807, 2.05) is 6.92 Å². The molecule has 0 saturated heterocycles. The van der Waals surface area contributed by atoms with Crippen LogP contribution in [0.1, 0.15) is 66.2 Å². The van der Waals surface area contributed by atoms with Crippen molar-refractivity contribution in [2.75, 3.05) is 0 Å². The third-order valence-electron chi connectivity index (χ3n) is 8.25. The van der Waals surface area contributed by atoms with Crippen LogP contribution < -0.4 is 0 Å². The molecule has 3 fully saturated rings. The number of ether oxygens (including phenoxy) is 2. The molecule has 0 bridgehead atoms. The van der Waals surface area contributed by atoms with Crippen molar-refractivity contribution in [3.05, 3.63) is 11.6 Å². The molecule has 4 aliphatic rings. The topological polar surface area (TPSA) is 86.7 Å². The predicted octanol–water partition coefficient (Wildman–Crippen LogP) is 3.17. The van der Waals surface area contributed by atoms with Crippen molar-refractivity contribution in [3.63, 3.8) is 0 Å². The van der Waals surface area contributed by atoms with Crippen molar-refractivity contribution >= 4 is 23.5 Å². The Morgan fingerprint density at radius 3 is 2.28 bits per heavy atom. The lowest BCUT2D eigenvalue weighted by atomic mass is 9.48. The van der Waals surface area contributed by atoms with Gasteiger partial charge in [-0.1, -0.05) is 19.4 Å². The maximum Gasteiger partial charge on any atom is 0.303 e. The summed E-state index contributed by atoms with van der Waals surface area (Å²) in [5, 5.41) is 0. The highest BCUT2D eigenvalue weighted by molar-refractivity contribution is 5.98. The van der Waals surface area contributed by atoms with Gasteiger partial charge in [0, 0.05) is 31.6 Å². The minimum absolute atomic E-state index is 0.0255. The van der Waals surface area contributed by atoms with Crippen molar-refractivity contribution in [3.8, 4) is 0 Å². The first-order valence-corrected chi connectivity index (χ1v) is 10.7. The molecule has 6 nitrogen and oxygen atoms in total. The monoisotopic (exact) mass is 402 g/mol. The number of hydrogen-bond donors (Lipinski definition) is 0. The van der Waals surface area contributed by atoms with Gasteiger partial charge >= 0.3 is 11.9 Å². The first-order valence-electron chi connectivity index (χ1n) is 10.7. The molecule has 0 aromatic heterocycles. The van der Waals surface area contributed by atoms with Crippen LogP contribution in [0.2, 0.25) is 0 Å². The molecule has 4 rings (SSSR count). The average Bonchev–Trinajstić information content (AvgIpc) is 2.87. The lowest BCUT2D eigenvalue weighted by Gasteiger charge is -2.55. The highest BCUT2D eigenvalue weighted by Crippen LogP contribution is 2.63. The quantitative estimate of drug-likeness (QED) is 0.660. The fourth-order valence-electron chi connectivity index (χ4n) is 6.78. The number of rotatable bonds is 2. The zero-order valence-corrected chi connectivity index (χ0v) is 17.7. The molecule has 0 aromatic rings. The first-order chi connectivity index (χ1) is 13.6. The van der Waals surface area contributed by atoms with Gasteiger partial charge in [-0.15, -0.1) is 0 Å². The molecule has 0 radical (unpaired) electrons. The summed E-state index contributed by atoms with van der Waals surface area (Å²) in [5.41, 5.74) is 0.373. The van der Waals surface area contributed by atoms with Gasteiger partial charge in [0.1, 0.15) is 6.10 Å². The zero-order chi connectivity index (χ0) is 21.1. The van der Waals surface area contributed by atoms with Crippen LogP contribution in [0.5, 0.6) is 0 Å². The van der Waals surface area contributed by atoms with Gasteiger partial charge in [0.25, 0.3) is 0 Å². The summed E-state index contributed by atoms with van der Waals surface area (Å²) in [7, 11) is 0. The van der Waals surface area contributed by atoms with Gasteiger partial charge in [-0.25, -0.2) is 0 Å². The molecule has 3 unspecified atom stereocenters. The van der Waals surface area contributed by atoms with Gasteiger partial charge in [0.05, 0.1) is 0 Å². The van der Waals surface area contributed by atoms with E-state index in [2.05, 4.69) is 6.92 Å². The van der Waals surface area contributed by atoms with Gasteiger partial charge in [0.15, 0.2) is 17.7 Å². The maximum atomic E-state index is 13.3. The Balaban J connectivity index is 1.65. The third-order valence-corrected chi connectivity index (χ3v) is 8.25. The molecule has 3 saturated carbocycles. The van der Waals surface area contributed by atoms with E-state index in [9.17, 15) is 19.2 Å². The molecule has 0 N–H and O–H groups in total. The Bertz CT molecular complexity index is 812. The van der Waals surface area contributed by atoms with Crippen molar-refractivity contribution in [1.29, 1.82) is 0 Å². The Morgan fingerprint density at radius 1 is 0.966 bits per heavy atom. The minimum atomic E-state index is -0.730. The van der Waals surface area contributed by atoms with E-state index in [4.69, 9.17) is 9.47 Å². The normalized spacial score (nSPS) is 43.6. The Morgan fingerprint density at radius 2 is 1.62 bits per heavy atom. The second kappa shape index (κ2) is 6.78. The van der Waals surface area contributed by atoms with Crippen LogP contribution in [0, 0.1) is 28.6 Å². The van der Waals surface area contributed by atoms with Crippen LogP contribution >= 0.6 is 0 Å². The molecule has 158 valence electrons. The number of allylic oxidation sites excluding steroid dienone is 1. The van der Waals surface area contributed by atoms with Crippen molar-refractivity contribution in [1.82, 2.24) is 0 Å². The third kappa shape index (κ3) is 3.06.